The lowest BCUT2D eigenvalue weighted by Gasteiger charge is -2.08. The molecule has 0 bridgehead atoms. The average Bonchev–Trinajstić information content (AvgIpc) is 2.79. The Morgan fingerprint density at radius 1 is 1.38 bits per heavy atom. The van der Waals surface area contributed by atoms with Crippen molar-refractivity contribution in [2.24, 2.45) is 13.0 Å². The molecule has 2 rings (SSSR count). The van der Waals surface area contributed by atoms with E-state index in [9.17, 15) is 4.39 Å². The Balaban J connectivity index is 2.24. The zero-order valence-electron chi connectivity index (χ0n) is 13.0. The zero-order valence-corrected chi connectivity index (χ0v) is 13.8. The van der Waals surface area contributed by atoms with Gasteiger partial charge in [-0.3, -0.25) is 4.68 Å². The van der Waals surface area contributed by atoms with Gasteiger partial charge in [-0.2, -0.15) is 5.10 Å². The maximum Gasteiger partial charge on any atom is 0.137 e. The Labute approximate surface area is 129 Å². The van der Waals surface area contributed by atoms with Crippen molar-refractivity contribution < 1.29 is 4.39 Å². The third kappa shape index (κ3) is 4.08. The lowest BCUT2D eigenvalue weighted by molar-refractivity contribution is 0.552. The summed E-state index contributed by atoms with van der Waals surface area (Å²) in [6.45, 7) is 6.04. The Morgan fingerprint density at radius 2 is 2.14 bits per heavy atom. The van der Waals surface area contributed by atoms with Crippen LogP contribution < -0.4 is 5.32 Å². The number of aryl methyl sites for hydroxylation is 1. The van der Waals surface area contributed by atoms with Crippen molar-refractivity contribution >= 4 is 11.8 Å². The molecule has 1 heterocycles. The molecule has 5 heteroatoms. The molecule has 0 aliphatic heterocycles. The number of nitrogens with zero attached hydrogens (tertiary/aromatic N) is 2. The Kier molecular flexibility index (Phi) is 5.42. The number of thioether (sulfide) groups is 1. The molecule has 2 aromatic rings. The van der Waals surface area contributed by atoms with E-state index in [1.807, 2.05) is 31.6 Å². The molecule has 21 heavy (non-hydrogen) atoms. The van der Waals surface area contributed by atoms with Gasteiger partial charge >= 0.3 is 0 Å². The summed E-state index contributed by atoms with van der Waals surface area (Å²) >= 11 is 1.41. The Hall–Kier alpha value is -1.33. The highest BCUT2D eigenvalue weighted by molar-refractivity contribution is 7.98. The second-order valence-electron chi connectivity index (χ2n) is 5.55. The molecule has 0 saturated carbocycles. The summed E-state index contributed by atoms with van der Waals surface area (Å²) < 4.78 is 15.7. The fourth-order valence-corrected chi connectivity index (χ4v) is 2.68. The molecule has 0 atom stereocenters. The summed E-state index contributed by atoms with van der Waals surface area (Å²) in [5, 5.41) is 7.89. The molecule has 0 unspecified atom stereocenters. The van der Waals surface area contributed by atoms with Gasteiger partial charge in [0.15, 0.2) is 0 Å². The SMILES string of the molecule is CSc1ccc(-c2nn(C)cc2CNCC(C)C)cc1F. The lowest BCUT2D eigenvalue weighted by Crippen LogP contribution is -2.19. The monoisotopic (exact) mass is 307 g/mol. The minimum Gasteiger partial charge on any atom is -0.312 e. The van der Waals surface area contributed by atoms with Crippen LogP contribution in [0.4, 0.5) is 4.39 Å². The van der Waals surface area contributed by atoms with E-state index in [-0.39, 0.29) is 5.82 Å². The van der Waals surface area contributed by atoms with Crippen LogP contribution in [0.5, 0.6) is 0 Å². The second kappa shape index (κ2) is 7.09. The van der Waals surface area contributed by atoms with E-state index in [1.165, 1.54) is 11.8 Å². The van der Waals surface area contributed by atoms with Gasteiger partial charge in [0, 0.05) is 35.8 Å². The van der Waals surface area contributed by atoms with Crippen LogP contribution >= 0.6 is 11.8 Å². The molecule has 3 nitrogen and oxygen atoms in total. The first kappa shape index (κ1) is 16.0. The summed E-state index contributed by atoms with van der Waals surface area (Å²) in [6.07, 6.45) is 3.86. The summed E-state index contributed by atoms with van der Waals surface area (Å²) in [6, 6.07) is 5.32. The van der Waals surface area contributed by atoms with Gasteiger partial charge in [-0.15, -0.1) is 11.8 Å². The average molecular weight is 307 g/mol. The highest BCUT2D eigenvalue weighted by Crippen LogP contribution is 2.27. The Morgan fingerprint density at radius 3 is 2.76 bits per heavy atom. The molecular formula is C16H22FN3S. The first-order valence-electron chi connectivity index (χ1n) is 7.08. The van der Waals surface area contributed by atoms with E-state index in [4.69, 9.17) is 0 Å². The molecule has 0 aliphatic rings. The predicted octanol–water partition coefficient (Wildman–Crippen LogP) is 3.69. The number of benzene rings is 1. The molecule has 0 aliphatic carbocycles. The van der Waals surface area contributed by atoms with Gasteiger partial charge in [0.2, 0.25) is 0 Å². The number of hydrogen-bond acceptors (Lipinski definition) is 3. The molecule has 114 valence electrons. The van der Waals surface area contributed by atoms with Gasteiger partial charge in [0.05, 0.1) is 5.69 Å². The van der Waals surface area contributed by atoms with Crippen molar-refractivity contribution in [3.63, 3.8) is 0 Å². The topological polar surface area (TPSA) is 29.9 Å². The Bertz CT molecular complexity index is 608. The largest absolute Gasteiger partial charge is 0.312 e. The fourth-order valence-electron chi connectivity index (χ4n) is 2.22. The van der Waals surface area contributed by atoms with Gasteiger partial charge in [-0.1, -0.05) is 19.9 Å². The maximum absolute atomic E-state index is 14.0. The number of hydrogen-bond donors (Lipinski definition) is 1. The predicted molar refractivity (Wildman–Crippen MR) is 86.9 cm³/mol. The number of halogens is 1. The standard InChI is InChI=1S/C16H22FN3S/c1-11(2)8-18-9-13-10-20(3)19-16(13)12-5-6-15(21-4)14(17)7-12/h5-7,10-11,18H,8-9H2,1-4H3. The first-order chi connectivity index (χ1) is 10.0. The fraction of sp³-hybridized carbons (Fsp3) is 0.438. The van der Waals surface area contributed by atoms with Gasteiger partial charge in [-0.05, 0) is 30.9 Å². The number of aromatic nitrogens is 2. The van der Waals surface area contributed by atoms with Crippen molar-refractivity contribution in [1.29, 1.82) is 0 Å². The van der Waals surface area contributed by atoms with E-state index in [0.29, 0.717) is 10.8 Å². The van der Waals surface area contributed by atoms with Gasteiger partial charge in [-0.25, -0.2) is 4.39 Å². The van der Waals surface area contributed by atoms with Crippen LogP contribution in [-0.2, 0) is 13.6 Å². The van der Waals surface area contributed by atoms with E-state index in [1.54, 1.807) is 10.7 Å². The van der Waals surface area contributed by atoms with Crippen LogP contribution in [-0.4, -0.2) is 22.6 Å². The third-order valence-electron chi connectivity index (χ3n) is 3.20. The van der Waals surface area contributed by atoms with Crippen molar-refractivity contribution in [2.75, 3.05) is 12.8 Å². The smallest absolute Gasteiger partial charge is 0.137 e. The van der Waals surface area contributed by atoms with Gasteiger partial charge in [0.1, 0.15) is 5.82 Å². The maximum atomic E-state index is 14.0. The van der Waals surface area contributed by atoms with Crippen molar-refractivity contribution in [3.8, 4) is 11.3 Å². The summed E-state index contributed by atoms with van der Waals surface area (Å²) in [5.74, 6) is 0.412. The van der Waals surface area contributed by atoms with E-state index in [2.05, 4.69) is 24.3 Å². The molecular weight excluding hydrogens is 285 g/mol. The summed E-state index contributed by atoms with van der Waals surface area (Å²) in [5.41, 5.74) is 2.77. The molecule has 0 radical (unpaired) electrons. The first-order valence-corrected chi connectivity index (χ1v) is 8.31. The molecule has 0 saturated heterocycles. The zero-order chi connectivity index (χ0) is 15.4. The van der Waals surface area contributed by atoms with Crippen LogP contribution in [0.2, 0.25) is 0 Å². The molecule has 1 aromatic heterocycles. The quantitative estimate of drug-likeness (QED) is 0.825. The number of rotatable bonds is 6. The molecule has 0 spiro atoms. The van der Waals surface area contributed by atoms with E-state index < -0.39 is 0 Å². The van der Waals surface area contributed by atoms with Gasteiger partial charge < -0.3 is 5.32 Å². The lowest BCUT2D eigenvalue weighted by atomic mass is 10.1. The van der Waals surface area contributed by atoms with Crippen LogP contribution in [0.15, 0.2) is 29.3 Å². The van der Waals surface area contributed by atoms with Crippen LogP contribution in [0.3, 0.4) is 0 Å². The van der Waals surface area contributed by atoms with Crippen LogP contribution in [0, 0.1) is 11.7 Å². The highest BCUT2D eigenvalue weighted by atomic mass is 32.2. The third-order valence-corrected chi connectivity index (χ3v) is 3.97. The van der Waals surface area contributed by atoms with Crippen LogP contribution in [0.1, 0.15) is 19.4 Å². The summed E-state index contributed by atoms with van der Waals surface area (Å²) in [4.78, 5) is 0.661. The van der Waals surface area contributed by atoms with E-state index >= 15 is 0 Å². The van der Waals surface area contributed by atoms with Crippen molar-refractivity contribution in [1.82, 2.24) is 15.1 Å². The van der Waals surface area contributed by atoms with Gasteiger partial charge in [0.25, 0.3) is 0 Å². The number of nitrogens with one attached hydrogen (secondary N) is 1. The highest BCUT2D eigenvalue weighted by Gasteiger charge is 2.12. The molecule has 1 aromatic carbocycles. The normalized spacial score (nSPS) is 11.3. The molecule has 0 fully saturated rings. The van der Waals surface area contributed by atoms with Crippen molar-refractivity contribution in [2.45, 2.75) is 25.3 Å². The van der Waals surface area contributed by atoms with Crippen LogP contribution in [0.25, 0.3) is 11.3 Å². The minimum atomic E-state index is -0.188. The van der Waals surface area contributed by atoms with E-state index in [0.717, 1.165) is 29.9 Å². The minimum absolute atomic E-state index is 0.188. The summed E-state index contributed by atoms with van der Waals surface area (Å²) in [7, 11) is 1.89. The molecule has 0 amide bonds. The second-order valence-corrected chi connectivity index (χ2v) is 6.40. The molecule has 1 N–H and O–H groups in total. The van der Waals surface area contributed by atoms with Crippen molar-refractivity contribution in [3.05, 3.63) is 35.8 Å².